The summed E-state index contributed by atoms with van der Waals surface area (Å²) in [4.78, 5) is 20.3. The molecule has 1 aliphatic heterocycles. The molecule has 1 atom stereocenters. The number of hydrogen-bond acceptors (Lipinski definition) is 6. The lowest BCUT2D eigenvalue weighted by Crippen LogP contribution is -2.46. The molecule has 2 amide bonds. The first-order chi connectivity index (χ1) is 15.1. The fourth-order valence-electron chi connectivity index (χ4n) is 3.73. The lowest BCUT2D eigenvalue weighted by Gasteiger charge is -2.35. The van der Waals surface area contributed by atoms with Crippen molar-refractivity contribution in [1.82, 2.24) is 20.4 Å². The summed E-state index contributed by atoms with van der Waals surface area (Å²) in [5.41, 5.74) is 2.58. The van der Waals surface area contributed by atoms with Gasteiger partial charge in [0.25, 0.3) is 5.89 Å². The van der Waals surface area contributed by atoms with Crippen molar-refractivity contribution in [3.05, 3.63) is 58.9 Å². The van der Waals surface area contributed by atoms with E-state index in [0.29, 0.717) is 18.3 Å². The maximum Gasteiger partial charge on any atom is 0.322 e. The van der Waals surface area contributed by atoms with Crippen LogP contribution in [0.1, 0.15) is 50.6 Å². The Labute approximate surface area is 185 Å². The number of thiophene rings is 1. The molecule has 4 rings (SSSR count). The third-order valence-corrected chi connectivity index (χ3v) is 6.29. The van der Waals surface area contributed by atoms with Crippen molar-refractivity contribution in [2.24, 2.45) is 0 Å². The number of carbonyl (C=O) groups is 1. The minimum atomic E-state index is -0.391. The molecule has 0 bridgehead atoms. The predicted octanol–water partition coefficient (Wildman–Crippen LogP) is 5.49. The van der Waals surface area contributed by atoms with Crippen LogP contribution in [0.4, 0.5) is 4.79 Å². The summed E-state index contributed by atoms with van der Waals surface area (Å²) in [7, 11) is 1.63. The van der Waals surface area contributed by atoms with E-state index in [-0.39, 0.29) is 6.03 Å². The number of hydrogen-bond donors (Lipinski definition) is 1. The van der Waals surface area contributed by atoms with Crippen LogP contribution < -0.4 is 10.1 Å². The van der Waals surface area contributed by atoms with Crippen LogP contribution in [0.15, 0.2) is 52.0 Å². The number of benzene rings is 1. The molecule has 0 spiro atoms. The van der Waals surface area contributed by atoms with Gasteiger partial charge in [-0.05, 0) is 42.5 Å². The van der Waals surface area contributed by atoms with Crippen LogP contribution in [0.5, 0.6) is 5.75 Å². The molecule has 1 aliphatic rings. The Kier molecular flexibility index (Phi) is 6.36. The van der Waals surface area contributed by atoms with Gasteiger partial charge in [0.15, 0.2) is 0 Å². The number of aromatic nitrogens is 2. The highest BCUT2D eigenvalue weighted by Crippen LogP contribution is 2.38. The fraction of sp³-hybridized carbons (Fsp3) is 0.348. The lowest BCUT2D eigenvalue weighted by atomic mass is 9.94. The Bertz CT molecular complexity index is 1060. The van der Waals surface area contributed by atoms with Gasteiger partial charge in [0, 0.05) is 12.2 Å². The number of methoxy groups -OCH3 is 1. The quantitative estimate of drug-likeness (QED) is 0.470. The van der Waals surface area contributed by atoms with Crippen LogP contribution in [0.25, 0.3) is 16.3 Å². The summed E-state index contributed by atoms with van der Waals surface area (Å²) in [5.74, 6) is 1.72. The van der Waals surface area contributed by atoms with Gasteiger partial charge < -0.3 is 14.6 Å². The third-order valence-electron chi connectivity index (χ3n) is 5.43. The average molecular weight is 439 g/mol. The Balaban J connectivity index is 1.75. The SMILES string of the molecule is CCCCCN1C(=O)NC(c2ccc(OC)cc2)C(c2nc(-c3cccs3)no2)=C1C. The molecule has 0 saturated carbocycles. The minimum Gasteiger partial charge on any atom is -0.497 e. The molecule has 162 valence electrons. The molecule has 1 unspecified atom stereocenters. The maximum atomic E-state index is 13.0. The molecule has 1 aromatic carbocycles. The zero-order chi connectivity index (χ0) is 21.8. The van der Waals surface area contributed by atoms with Gasteiger partial charge in [-0.3, -0.25) is 4.90 Å². The van der Waals surface area contributed by atoms with Crippen LogP contribution in [0.2, 0.25) is 0 Å². The smallest absolute Gasteiger partial charge is 0.322 e. The van der Waals surface area contributed by atoms with E-state index < -0.39 is 6.04 Å². The Morgan fingerprint density at radius 2 is 2.03 bits per heavy atom. The van der Waals surface area contributed by atoms with Crippen molar-refractivity contribution < 1.29 is 14.1 Å². The van der Waals surface area contributed by atoms with E-state index in [1.807, 2.05) is 48.7 Å². The van der Waals surface area contributed by atoms with E-state index in [0.717, 1.165) is 46.7 Å². The van der Waals surface area contributed by atoms with Crippen molar-refractivity contribution >= 4 is 22.9 Å². The van der Waals surface area contributed by atoms with Gasteiger partial charge in [0.1, 0.15) is 5.75 Å². The van der Waals surface area contributed by atoms with Crippen molar-refractivity contribution in [2.45, 2.75) is 39.2 Å². The summed E-state index contributed by atoms with van der Waals surface area (Å²) in [5, 5.41) is 9.29. The lowest BCUT2D eigenvalue weighted by molar-refractivity contribution is 0.204. The van der Waals surface area contributed by atoms with Crippen molar-refractivity contribution in [3.63, 3.8) is 0 Å². The van der Waals surface area contributed by atoms with E-state index in [1.54, 1.807) is 23.3 Å². The van der Waals surface area contributed by atoms with Crippen LogP contribution in [0, 0.1) is 0 Å². The largest absolute Gasteiger partial charge is 0.497 e. The summed E-state index contributed by atoms with van der Waals surface area (Å²) in [6, 6.07) is 11.1. The predicted molar refractivity (Wildman–Crippen MR) is 121 cm³/mol. The molecule has 7 nitrogen and oxygen atoms in total. The topological polar surface area (TPSA) is 80.5 Å². The average Bonchev–Trinajstić information content (AvgIpc) is 3.48. The van der Waals surface area contributed by atoms with Crippen LogP contribution in [-0.4, -0.2) is 34.7 Å². The first-order valence-corrected chi connectivity index (χ1v) is 11.3. The third kappa shape index (κ3) is 4.34. The Morgan fingerprint density at radius 1 is 1.23 bits per heavy atom. The second kappa shape index (κ2) is 9.34. The number of nitrogens with zero attached hydrogens (tertiary/aromatic N) is 3. The first-order valence-electron chi connectivity index (χ1n) is 10.4. The first kappa shape index (κ1) is 21.1. The molecule has 8 heteroatoms. The Morgan fingerprint density at radius 3 is 2.71 bits per heavy atom. The molecule has 3 aromatic rings. The van der Waals surface area contributed by atoms with Gasteiger partial charge in [-0.2, -0.15) is 4.98 Å². The zero-order valence-corrected chi connectivity index (χ0v) is 18.7. The number of allylic oxidation sites excluding steroid dienone is 1. The van der Waals surface area contributed by atoms with Gasteiger partial charge >= 0.3 is 6.03 Å². The number of carbonyl (C=O) groups excluding carboxylic acids is 1. The van der Waals surface area contributed by atoms with Gasteiger partial charge in [-0.1, -0.05) is 43.1 Å². The normalized spacial score (nSPS) is 16.5. The molecule has 31 heavy (non-hydrogen) atoms. The highest BCUT2D eigenvalue weighted by Gasteiger charge is 2.35. The number of rotatable bonds is 8. The van der Waals surface area contributed by atoms with Crippen LogP contribution in [0.3, 0.4) is 0 Å². The summed E-state index contributed by atoms with van der Waals surface area (Å²) < 4.78 is 11.0. The van der Waals surface area contributed by atoms with Gasteiger partial charge in [-0.25, -0.2) is 4.79 Å². The highest BCUT2D eigenvalue weighted by molar-refractivity contribution is 7.13. The van der Waals surface area contributed by atoms with Gasteiger partial charge in [0.2, 0.25) is 5.82 Å². The van der Waals surface area contributed by atoms with E-state index in [2.05, 4.69) is 22.4 Å². The van der Waals surface area contributed by atoms with Crippen molar-refractivity contribution in [1.29, 1.82) is 0 Å². The molecule has 1 N–H and O–H groups in total. The minimum absolute atomic E-state index is 0.115. The second-order valence-corrected chi connectivity index (χ2v) is 8.36. The summed E-state index contributed by atoms with van der Waals surface area (Å²) in [6.45, 7) is 4.75. The van der Waals surface area contributed by atoms with Crippen LogP contribution >= 0.6 is 11.3 Å². The molecular formula is C23H26N4O3S. The molecule has 0 saturated heterocycles. The standard InChI is InChI=1S/C23H26N4O3S/c1-4-5-6-13-27-15(2)19(22-25-21(26-30-22)18-8-7-14-31-18)20(24-23(27)28)16-9-11-17(29-3)12-10-16/h7-12,14,20H,4-6,13H2,1-3H3,(H,24,28). The summed E-state index contributed by atoms with van der Waals surface area (Å²) in [6.07, 6.45) is 3.09. The van der Waals surface area contributed by atoms with Gasteiger partial charge in [-0.15, -0.1) is 11.3 Å². The molecule has 0 fully saturated rings. The number of unbranched alkanes of at least 4 members (excludes halogenated alkanes) is 2. The highest BCUT2D eigenvalue weighted by atomic mass is 32.1. The maximum absolute atomic E-state index is 13.0. The number of amides is 2. The van der Waals surface area contributed by atoms with Gasteiger partial charge in [0.05, 0.1) is 23.6 Å². The number of urea groups is 1. The van der Waals surface area contributed by atoms with Crippen molar-refractivity contribution in [3.8, 4) is 16.5 Å². The molecule has 0 radical (unpaired) electrons. The molecule has 0 aliphatic carbocycles. The second-order valence-electron chi connectivity index (χ2n) is 7.41. The van der Waals surface area contributed by atoms with E-state index >= 15 is 0 Å². The molecule has 3 heterocycles. The molecular weight excluding hydrogens is 412 g/mol. The fourth-order valence-corrected chi connectivity index (χ4v) is 4.38. The number of ether oxygens (including phenoxy) is 1. The monoisotopic (exact) mass is 438 g/mol. The van der Waals surface area contributed by atoms with Crippen LogP contribution in [-0.2, 0) is 0 Å². The van der Waals surface area contributed by atoms with E-state index in [9.17, 15) is 4.79 Å². The zero-order valence-electron chi connectivity index (χ0n) is 17.9. The van der Waals surface area contributed by atoms with E-state index in [4.69, 9.17) is 9.26 Å². The molecule has 2 aromatic heterocycles. The Hall–Kier alpha value is -3.13. The summed E-state index contributed by atoms with van der Waals surface area (Å²) >= 11 is 1.56. The van der Waals surface area contributed by atoms with Crippen molar-refractivity contribution in [2.75, 3.05) is 13.7 Å². The van der Waals surface area contributed by atoms with E-state index in [1.165, 1.54) is 0 Å². The number of nitrogens with one attached hydrogen (secondary N) is 1.